The van der Waals surface area contributed by atoms with Crippen LogP contribution < -0.4 is 4.80 Å². The van der Waals surface area contributed by atoms with Gasteiger partial charge in [0.2, 0.25) is 5.91 Å². The quantitative estimate of drug-likeness (QED) is 0.822. The average Bonchev–Trinajstić information content (AvgIpc) is 2.80. The summed E-state index contributed by atoms with van der Waals surface area (Å²) in [5.41, 5.74) is 0.911. The highest BCUT2D eigenvalue weighted by atomic mass is 32.2. The zero-order valence-electron chi connectivity index (χ0n) is 12.7. The van der Waals surface area contributed by atoms with Gasteiger partial charge in [0, 0.05) is 25.0 Å². The van der Waals surface area contributed by atoms with E-state index < -0.39 is 9.84 Å². The number of amides is 1. The molecule has 8 heteroatoms. The third-order valence-corrected chi connectivity index (χ3v) is 5.87. The van der Waals surface area contributed by atoms with Crippen LogP contribution in [-0.4, -0.2) is 37.2 Å². The lowest BCUT2D eigenvalue weighted by molar-refractivity contribution is -0.117. The number of carbonyl (C=O) groups excluding carboxylic acids is 1. The van der Waals surface area contributed by atoms with Gasteiger partial charge in [-0.2, -0.15) is 16.8 Å². The van der Waals surface area contributed by atoms with Gasteiger partial charge in [0.15, 0.2) is 14.6 Å². The molecule has 2 rings (SSSR count). The summed E-state index contributed by atoms with van der Waals surface area (Å²) < 4.78 is 26.2. The third-order valence-electron chi connectivity index (χ3n) is 3.12. The van der Waals surface area contributed by atoms with Crippen molar-refractivity contribution in [2.24, 2.45) is 4.99 Å². The van der Waals surface area contributed by atoms with Crippen molar-refractivity contribution in [2.45, 2.75) is 24.8 Å². The van der Waals surface area contributed by atoms with Gasteiger partial charge in [-0.15, -0.1) is 0 Å². The highest BCUT2D eigenvalue weighted by Gasteiger charge is 2.12. The molecular weight excluding hydrogens is 340 g/mol. The number of nitrogens with zero attached hydrogens (tertiary/aromatic N) is 2. The summed E-state index contributed by atoms with van der Waals surface area (Å²) in [4.78, 5) is 16.7. The summed E-state index contributed by atoms with van der Waals surface area (Å²) in [5.74, 6) is 0.723. The largest absolute Gasteiger partial charge is 0.316 e. The SMILES string of the molecule is CCC(=O)N=c1sc2cc(S(C)(=O)=O)ccc2n1CCSC. The molecule has 0 aliphatic rings. The highest BCUT2D eigenvalue weighted by Crippen LogP contribution is 2.22. The van der Waals surface area contributed by atoms with E-state index >= 15 is 0 Å². The smallest absolute Gasteiger partial charge is 0.248 e. The number of thiazole rings is 1. The molecule has 5 nitrogen and oxygen atoms in total. The van der Waals surface area contributed by atoms with Crippen molar-refractivity contribution in [3.8, 4) is 0 Å². The molecule has 0 aliphatic heterocycles. The molecule has 0 spiro atoms. The van der Waals surface area contributed by atoms with E-state index in [1.165, 1.54) is 17.6 Å². The van der Waals surface area contributed by atoms with E-state index in [0.29, 0.717) is 11.2 Å². The molecule has 0 radical (unpaired) electrons. The van der Waals surface area contributed by atoms with Crippen molar-refractivity contribution in [2.75, 3.05) is 18.3 Å². The standard InChI is InChI=1S/C14H18N2O3S3/c1-4-13(17)15-14-16(7-8-20-2)11-6-5-10(22(3,18)19)9-12(11)21-14/h5-6,9H,4,7-8H2,1-3H3. The highest BCUT2D eigenvalue weighted by molar-refractivity contribution is 7.98. The minimum Gasteiger partial charge on any atom is -0.316 e. The van der Waals surface area contributed by atoms with Crippen molar-refractivity contribution in [3.63, 3.8) is 0 Å². The summed E-state index contributed by atoms with van der Waals surface area (Å²) in [6, 6.07) is 5.05. The van der Waals surface area contributed by atoms with Gasteiger partial charge in [-0.05, 0) is 24.5 Å². The van der Waals surface area contributed by atoms with Gasteiger partial charge in [-0.1, -0.05) is 18.3 Å². The third kappa shape index (κ3) is 3.80. The maximum atomic E-state index is 11.7. The Morgan fingerprint density at radius 1 is 1.41 bits per heavy atom. The molecule has 0 N–H and O–H groups in total. The predicted molar refractivity (Wildman–Crippen MR) is 92.2 cm³/mol. The number of aryl methyl sites for hydroxylation is 1. The van der Waals surface area contributed by atoms with Gasteiger partial charge in [0.25, 0.3) is 0 Å². The number of hydrogen-bond acceptors (Lipinski definition) is 5. The lowest BCUT2D eigenvalue weighted by Gasteiger charge is -2.04. The Hall–Kier alpha value is -1.12. The van der Waals surface area contributed by atoms with Crippen LogP contribution in [0.15, 0.2) is 28.1 Å². The van der Waals surface area contributed by atoms with Crippen LogP contribution in [0.1, 0.15) is 13.3 Å². The molecule has 1 aromatic heterocycles. The van der Waals surface area contributed by atoms with Gasteiger partial charge in [0.1, 0.15) is 0 Å². The second-order valence-corrected chi connectivity index (χ2v) is 8.80. The minimum absolute atomic E-state index is 0.173. The van der Waals surface area contributed by atoms with Gasteiger partial charge in [-0.3, -0.25) is 4.79 Å². The number of fused-ring (bicyclic) bond motifs is 1. The molecule has 0 saturated heterocycles. The molecule has 0 aliphatic carbocycles. The van der Waals surface area contributed by atoms with Crippen LogP contribution in [0, 0.1) is 0 Å². The molecule has 0 fully saturated rings. The first-order valence-corrected chi connectivity index (χ1v) is 10.9. The van der Waals surface area contributed by atoms with Crippen molar-refractivity contribution in [3.05, 3.63) is 23.0 Å². The topological polar surface area (TPSA) is 68.5 Å². The zero-order valence-corrected chi connectivity index (χ0v) is 15.1. The van der Waals surface area contributed by atoms with E-state index in [1.54, 1.807) is 36.9 Å². The van der Waals surface area contributed by atoms with Crippen LogP contribution in [-0.2, 0) is 21.2 Å². The predicted octanol–water partition coefficient (Wildman–Crippen LogP) is 2.31. The molecule has 0 atom stereocenters. The first-order valence-electron chi connectivity index (χ1n) is 6.76. The van der Waals surface area contributed by atoms with Gasteiger partial charge in [-0.25, -0.2) is 8.42 Å². The van der Waals surface area contributed by atoms with Gasteiger partial charge < -0.3 is 4.57 Å². The van der Waals surface area contributed by atoms with Crippen LogP contribution in [0.25, 0.3) is 10.2 Å². The molecule has 0 saturated carbocycles. The van der Waals surface area contributed by atoms with E-state index in [1.807, 2.05) is 10.8 Å². The van der Waals surface area contributed by atoms with Crippen LogP contribution in [0.5, 0.6) is 0 Å². The van der Waals surface area contributed by atoms with Crippen molar-refractivity contribution in [1.82, 2.24) is 4.57 Å². The number of thioether (sulfide) groups is 1. The Morgan fingerprint density at radius 2 is 2.14 bits per heavy atom. The van der Waals surface area contributed by atoms with Crippen LogP contribution >= 0.6 is 23.1 Å². The number of sulfone groups is 1. The monoisotopic (exact) mass is 358 g/mol. The van der Waals surface area contributed by atoms with Gasteiger partial charge >= 0.3 is 0 Å². The lowest BCUT2D eigenvalue weighted by atomic mass is 10.3. The Kier molecular flexibility index (Phi) is 5.46. The number of aromatic nitrogens is 1. The Labute approximate surface area is 138 Å². The van der Waals surface area contributed by atoms with Crippen LogP contribution in [0.4, 0.5) is 0 Å². The second-order valence-electron chi connectivity index (χ2n) is 4.79. The lowest BCUT2D eigenvalue weighted by Crippen LogP contribution is -2.17. The first-order chi connectivity index (χ1) is 10.4. The van der Waals surface area contributed by atoms with Crippen LogP contribution in [0.3, 0.4) is 0 Å². The maximum Gasteiger partial charge on any atom is 0.248 e. The summed E-state index contributed by atoms with van der Waals surface area (Å²) in [5, 5.41) is 0. The number of carbonyl (C=O) groups is 1. The number of benzene rings is 1. The second kappa shape index (κ2) is 6.97. The van der Waals surface area contributed by atoms with E-state index in [0.717, 1.165) is 22.5 Å². The zero-order chi connectivity index (χ0) is 16.3. The van der Waals surface area contributed by atoms with Crippen molar-refractivity contribution < 1.29 is 13.2 Å². The minimum atomic E-state index is -3.25. The fraction of sp³-hybridized carbons (Fsp3) is 0.429. The van der Waals surface area contributed by atoms with Crippen molar-refractivity contribution >= 4 is 49.1 Å². The van der Waals surface area contributed by atoms with E-state index in [4.69, 9.17) is 0 Å². The molecular formula is C14H18N2O3S3. The molecule has 0 bridgehead atoms. The van der Waals surface area contributed by atoms with E-state index in [2.05, 4.69) is 4.99 Å². The summed E-state index contributed by atoms with van der Waals surface area (Å²) in [6.07, 6.45) is 3.56. The molecule has 1 amide bonds. The van der Waals surface area contributed by atoms with Crippen molar-refractivity contribution in [1.29, 1.82) is 0 Å². The van der Waals surface area contributed by atoms with E-state index in [-0.39, 0.29) is 10.8 Å². The Morgan fingerprint density at radius 3 is 2.73 bits per heavy atom. The summed E-state index contributed by atoms with van der Waals surface area (Å²) >= 11 is 3.06. The summed E-state index contributed by atoms with van der Waals surface area (Å²) in [7, 11) is -3.25. The first kappa shape index (κ1) is 17.2. The number of rotatable bonds is 5. The fourth-order valence-electron chi connectivity index (χ4n) is 1.95. The molecule has 2 aromatic rings. The fourth-order valence-corrected chi connectivity index (χ4v) is 4.15. The maximum absolute atomic E-state index is 11.7. The Balaban J connectivity index is 2.68. The summed E-state index contributed by atoms with van der Waals surface area (Å²) in [6.45, 7) is 2.50. The molecule has 22 heavy (non-hydrogen) atoms. The molecule has 0 unspecified atom stereocenters. The average molecular weight is 359 g/mol. The number of hydrogen-bond donors (Lipinski definition) is 0. The van der Waals surface area contributed by atoms with Crippen LogP contribution in [0.2, 0.25) is 0 Å². The normalized spacial score (nSPS) is 13.0. The van der Waals surface area contributed by atoms with E-state index in [9.17, 15) is 13.2 Å². The molecule has 120 valence electrons. The molecule has 1 aromatic carbocycles. The van der Waals surface area contributed by atoms with Gasteiger partial charge in [0.05, 0.1) is 15.1 Å². The molecule has 1 heterocycles. The Bertz CT molecular complexity index is 863.